The molecule has 2 aliphatic rings. The van der Waals surface area contributed by atoms with Gasteiger partial charge < -0.3 is 9.47 Å². The van der Waals surface area contributed by atoms with Crippen molar-refractivity contribution in [3.05, 3.63) is 62.7 Å². The van der Waals surface area contributed by atoms with E-state index in [9.17, 15) is 19.7 Å². The van der Waals surface area contributed by atoms with Gasteiger partial charge in [0, 0.05) is 12.1 Å². The van der Waals surface area contributed by atoms with Gasteiger partial charge in [-0.05, 0) is 75.8 Å². The molecule has 2 aromatic rings. The molecule has 0 N–H and O–H groups in total. The molecule has 2 fully saturated rings. The molecule has 168 valence electrons. The third-order valence-corrected chi connectivity index (χ3v) is 6.26. The maximum Gasteiger partial charge on any atom is 0.288 e. The normalized spacial score (nSPS) is 20.3. The molecule has 0 amide bonds. The van der Waals surface area contributed by atoms with Crippen molar-refractivity contribution in [2.45, 2.75) is 63.6 Å². The third-order valence-electron chi connectivity index (χ3n) is 5.96. The van der Waals surface area contributed by atoms with Crippen LogP contribution in [0, 0.1) is 10.1 Å². The molecule has 7 nitrogen and oxygen atoms in total. The molecule has 32 heavy (non-hydrogen) atoms. The second-order valence-corrected chi connectivity index (χ2v) is 9.73. The monoisotopic (exact) mass is 457 g/mol. The maximum atomic E-state index is 13.3. The predicted octanol–water partition coefficient (Wildman–Crippen LogP) is 5.73. The Hall–Kier alpha value is -2.77. The van der Waals surface area contributed by atoms with E-state index in [0.717, 1.165) is 18.4 Å². The molecule has 0 atom stereocenters. The van der Waals surface area contributed by atoms with E-state index in [1.165, 1.54) is 18.2 Å². The number of nitro groups is 1. The number of rotatable bonds is 5. The fourth-order valence-electron chi connectivity index (χ4n) is 4.30. The van der Waals surface area contributed by atoms with Gasteiger partial charge in [-0.15, -0.1) is 0 Å². The molecule has 0 aromatic heterocycles. The zero-order valence-corrected chi connectivity index (χ0v) is 19.1. The van der Waals surface area contributed by atoms with Gasteiger partial charge in [-0.1, -0.05) is 17.7 Å². The Labute approximate surface area is 190 Å². The summed E-state index contributed by atoms with van der Waals surface area (Å²) in [6.45, 7) is 6.75. The Bertz CT molecular complexity index is 1110. The number of carbonyl (C=O) groups is 2. The maximum absolute atomic E-state index is 13.3. The molecular formula is C24H24ClNO6. The Balaban J connectivity index is 1.75. The van der Waals surface area contributed by atoms with Crippen LogP contribution in [-0.4, -0.2) is 27.7 Å². The largest absolute Gasteiger partial charge is 0.457 e. The average Bonchev–Trinajstić information content (AvgIpc) is 3.51. The van der Waals surface area contributed by atoms with Crippen LogP contribution in [0.4, 0.5) is 5.69 Å². The predicted molar refractivity (Wildman–Crippen MR) is 119 cm³/mol. The van der Waals surface area contributed by atoms with Gasteiger partial charge in [0.15, 0.2) is 11.6 Å². The van der Waals surface area contributed by atoms with Crippen LogP contribution in [0.25, 0.3) is 0 Å². The van der Waals surface area contributed by atoms with Gasteiger partial charge in [0.05, 0.1) is 4.92 Å². The number of ketones is 2. The molecule has 1 saturated heterocycles. The number of nitrogens with zero attached hydrogens (tertiary/aromatic N) is 1. The summed E-state index contributed by atoms with van der Waals surface area (Å²) >= 11 is 5.99. The van der Waals surface area contributed by atoms with E-state index in [2.05, 4.69) is 0 Å². The van der Waals surface area contributed by atoms with Crippen LogP contribution in [0.15, 0.2) is 36.4 Å². The van der Waals surface area contributed by atoms with E-state index in [1.807, 2.05) is 6.07 Å². The van der Waals surface area contributed by atoms with Crippen molar-refractivity contribution in [2.75, 3.05) is 0 Å². The van der Waals surface area contributed by atoms with Crippen molar-refractivity contribution in [3.8, 4) is 11.5 Å². The van der Waals surface area contributed by atoms with Crippen LogP contribution in [0.5, 0.6) is 11.5 Å². The van der Waals surface area contributed by atoms with Crippen LogP contribution >= 0.6 is 11.6 Å². The summed E-state index contributed by atoms with van der Waals surface area (Å²) in [5, 5.41) is 10.9. The van der Waals surface area contributed by atoms with Gasteiger partial charge in [-0.3, -0.25) is 19.7 Å². The topological polar surface area (TPSA) is 95.7 Å². The summed E-state index contributed by atoms with van der Waals surface area (Å²) in [6, 6.07) is 9.48. The van der Waals surface area contributed by atoms with Crippen LogP contribution in [0.1, 0.15) is 63.5 Å². The molecule has 0 unspecified atom stereocenters. The minimum atomic E-state index is -1.11. The molecule has 0 spiro atoms. The zero-order chi connectivity index (χ0) is 23.4. The first kappa shape index (κ1) is 22.4. The molecule has 1 aliphatic carbocycles. The quantitative estimate of drug-likeness (QED) is 0.323. The Morgan fingerprint density at radius 2 is 1.53 bits per heavy atom. The molecule has 1 saturated carbocycles. The lowest BCUT2D eigenvalue weighted by molar-refractivity contribution is -0.384. The minimum Gasteiger partial charge on any atom is -0.457 e. The van der Waals surface area contributed by atoms with Crippen LogP contribution in [-0.2, 0) is 14.3 Å². The number of ether oxygens (including phenoxy) is 2. The van der Waals surface area contributed by atoms with E-state index in [1.54, 1.807) is 39.8 Å². The lowest BCUT2D eigenvalue weighted by atomic mass is 9.73. The smallest absolute Gasteiger partial charge is 0.288 e. The molecular weight excluding hydrogens is 434 g/mol. The zero-order valence-electron chi connectivity index (χ0n) is 18.3. The summed E-state index contributed by atoms with van der Waals surface area (Å²) in [5.74, 6) is -0.470. The van der Waals surface area contributed by atoms with E-state index < -0.39 is 22.0 Å². The highest BCUT2D eigenvalue weighted by Crippen LogP contribution is 2.48. The molecule has 8 heteroatoms. The Kier molecular flexibility index (Phi) is 5.38. The number of carbonyl (C=O) groups excluding carboxylic acids is 2. The standard InChI is InChI=1S/C24H24ClNO6/c1-23(2)21(27)20(22(28)24(3,4)32-23)17-11-14(7-9-16(17)13-5-6-13)31-15-8-10-19(26(29)30)18(25)12-15/h7-13,20H,5-6H2,1-4H3. The van der Waals surface area contributed by atoms with Crippen molar-refractivity contribution in [2.24, 2.45) is 0 Å². The molecule has 1 heterocycles. The van der Waals surface area contributed by atoms with Gasteiger partial charge >= 0.3 is 0 Å². The van der Waals surface area contributed by atoms with Gasteiger partial charge in [-0.2, -0.15) is 0 Å². The van der Waals surface area contributed by atoms with Gasteiger partial charge in [0.1, 0.15) is 33.6 Å². The van der Waals surface area contributed by atoms with Crippen LogP contribution in [0.3, 0.4) is 0 Å². The first-order valence-corrected chi connectivity index (χ1v) is 10.8. The second-order valence-electron chi connectivity index (χ2n) is 9.32. The number of hydrogen-bond acceptors (Lipinski definition) is 6. The van der Waals surface area contributed by atoms with Crippen molar-refractivity contribution < 1.29 is 24.0 Å². The van der Waals surface area contributed by atoms with Crippen molar-refractivity contribution in [3.63, 3.8) is 0 Å². The summed E-state index contributed by atoms with van der Waals surface area (Å²) < 4.78 is 11.7. The summed E-state index contributed by atoms with van der Waals surface area (Å²) in [6.07, 6.45) is 2.01. The molecule has 4 rings (SSSR count). The van der Waals surface area contributed by atoms with E-state index in [4.69, 9.17) is 21.1 Å². The van der Waals surface area contributed by atoms with Crippen molar-refractivity contribution in [1.29, 1.82) is 0 Å². The SMILES string of the molecule is CC1(C)OC(C)(C)C(=O)C(c2cc(Oc3ccc([N+](=O)[O-])c(Cl)c3)ccc2C2CC2)C1=O. The first-order chi connectivity index (χ1) is 14.9. The van der Waals surface area contributed by atoms with E-state index in [0.29, 0.717) is 23.0 Å². The molecule has 0 radical (unpaired) electrons. The second kappa shape index (κ2) is 7.67. The Morgan fingerprint density at radius 3 is 2.06 bits per heavy atom. The molecule has 2 aromatic carbocycles. The fraction of sp³-hybridized carbons (Fsp3) is 0.417. The van der Waals surface area contributed by atoms with Gasteiger partial charge in [0.25, 0.3) is 5.69 Å². The fourth-order valence-corrected chi connectivity index (χ4v) is 4.54. The average molecular weight is 458 g/mol. The third kappa shape index (κ3) is 4.02. The summed E-state index contributed by atoms with van der Waals surface area (Å²) in [5.41, 5.74) is -0.819. The highest BCUT2D eigenvalue weighted by molar-refractivity contribution is 6.32. The number of nitro benzene ring substituents is 1. The highest BCUT2D eigenvalue weighted by Gasteiger charge is 2.53. The number of Topliss-reactive ketones (excluding diaryl/α,β-unsaturated/α-hetero) is 2. The number of benzene rings is 2. The van der Waals surface area contributed by atoms with E-state index >= 15 is 0 Å². The minimum absolute atomic E-state index is 0.0411. The lowest BCUT2D eigenvalue weighted by Gasteiger charge is -2.43. The summed E-state index contributed by atoms with van der Waals surface area (Å²) in [7, 11) is 0. The number of hydrogen-bond donors (Lipinski definition) is 0. The molecule has 0 bridgehead atoms. The van der Waals surface area contributed by atoms with E-state index in [-0.39, 0.29) is 22.3 Å². The van der Waals surface area contributed by atoms with Gasteiger partial charge in [0.2, 0.25) is 0 Å². The van der Waals surface area contributed by atoms with Crippen LogP contribution in [0.2, 0.25) is 5.02 Å². The highest BCUT2D eigenvalue weighted by atomic mass is 35.5. The summed E-state index contributed by atoms with van der Waals surface area (Å²) in [4.78, 5) is 37.0. The van der Waals surface area contributed by atoms with Crippen LogP contribution < -0.4 is 4.74 Å². The Morgan fingerprint density at radius 1 is 0.969 bits per heavy atom. The molecule has 1 aliphatic heterocycles. The van der Waals surface area contributed by atoms with Crippen molar-refractivity contribution in [1.82, 2.24) is 0 Å². The lowest BCUT2D eigenvalue weighted by Crippen LogP contribution is -2.58. The number of halogens is 1. The van der Waals surface area contributed by atoms with Crippen molar-refractivity contribution >= 4 is 28.9 Å². The first-order valence-electron chi connectivity index (χ1n) is 10.4. The van der Waals surface area contributed by atoms with Gasteiger partial charge in [-0.25, -0.2) is 0 Å².